The normalized spacial score (nSPS) is 12.1. The molecule has 4 heteroatoms. The van der Waals surface area contributed by atoms with Crippen LogP contribution in [0.4, 0.5) is 0 Å². The fourth-order valence-corrected chi connectivity index (χ4v) is 2.93. The van der Waals surface area contributed by atoms with E-state index in [0.717, 1.165) is 29.5 Å². The van der Waals surface area contributed by atoms with Gasteiger partial charge in [-0.2, -0.15) is 0 Å². The lowest BCUT2D eigenvalue weighted by atomic mass is 10.1. The van der Waals surface area contributed by atoms with Crippen LogP contribution in [0.15, 0.2) is 52.9 Å². The molecule has 4 nitrogen and oxygen atoms in total. The molecule has 1 amide bonds. The van der Waals surface area contributed by atoms with Gasteiger partial charge in [0, 0.05) is 17.0 Å². The Kier molecular flexibility index (Phi) is 5.08. The highest BCUT2D eigenvalue weighted by molar-refractivity contribution is 5.99. The first-order valence-electron chi connectivity index (χ1n) is 8.50. The van der Waals surface area contributed by atoms with Crippen LogP contribution in [-0.4, -0.2) is 19.1 Å². The van der Waals surface area contributed by atoms with Crippen LogP contribution in [-0.2, 0) is 6.42 Å². The molecule has 130 valence electrons. The third kappa shape index (κ3) is 3.85. The van der Waals surface area contributed by atoms with Crippen LogP contribution in [0.1, 0.15) is 35.0 Å². The van der Waals surface area contributed by atoms with Crippen molar-refractivity contribution in [2.24, 2.45) is 0 Å². The van der Waals surface area contributed by atoms with E-state index in [0.29, 0.717) is 11.3 Å². The Labute approximate surface area is 147 Å². The SMILES string of the molecule is COc1ccc2oc(C(=O)N[C@@H](C)CCc3ccccc3)c(C)c2c1. The summed E-state index contributed by atoms with van der Waals surface area (Å²) in [5.74, 6) is 0.947. The number of hydrogen-bond acceptors (Lipinski definition) is 3. The molecule has 1 aromatic heterocycles. The zero-order chi connectivity index (χ0) is 17.8. The van der Waals surface area contributed by atoms with Crippen LogP contribution in [0.2, 0.25) is 0 Å². The molecular formula is C21H23NO3. The van der Waals surface area contributed by atoms with Crippen molar-refractivity contribution in [3.05, 3.63) is 65.4 Å². The number of methoxy groups -OCH3 is 1. The maximum Gasteiger partial charge on any atom is 0.287 e. The first-order chi connectivity index (χ1) is 12.1. The lowest BCUT2D eigenvalue weighted by molar-refractivity contribution is 0.0911. The smallest absolute Gasteiger partial charge is 0.287 e. The van der Waals surface area contributed by atoms with Crippen molar-refractivity contribution in [1.82, 2.24) is 5.32 Å². The molecule has 25 heavy (non-hydrogen) atoms. The lowest BCUT2D eigenvalue weighted by Gasteiger charge is -2.13. The second kappa shape index (κ2) is 7.43. The Morgan fingerprint density at radius 1 is 1.20 bits per heavy atom. The minimum absolute atomic E-state index is 0.0647. The Hall–Kier alpha value is -2.75. The molecule has 2 aromatic carbocycles. The Morgan fingerprint density at radius 3 is 2.68 bits per heavy atom. The van der Waals surface area contributed by atoms with Gasteiger partial charge < -0.3 is 14.5 Å². The van der Waals surface area contributed by atoms with E-state index >= 15 is 0 Å². The molecule has 0 unspecified atom stereocenters. The topological polar surface area (TPSA) is 51.5 Å². The number of amides is 1. The van der Waals surface area contributed by atoms with Gasteiger partial charge in [0.1, 0.15) is 11.3 Å². The molecular weight excluding hydrogens is 314 g/mol. The van der Waals surface area contributed by atoms with E-state index in [1.807, 2.05) is 50.2 Å². The third-order valence-corrected chi connectivity index (χ3v) is 4.44. The standard InChI is InChI=1S/C21H23NO3/c1-14(9-10-16-7-5-4-6-8-16)22-21(23)20-15(2)18-13-17(24-3)11-12-19(18)25-20/h4-8,11-14H,9-10H2,1-3H3,(H,22,23)/t14-/m0/s1. The largest absolute Gasteiger partial charge is 0.497 e. The van der Waals surface area contributed by atoms with Gasteiger partial charge in [-0.3, -0.25) is 4.79 Å². The van der Waals surface area contributed by atoms with Gasteiger partial charge in [-0.05, 0) is 50.5 Å². The van der Waals surface area contributed by atoms with Crippen molar-refractivity contribution in [3.63, 3.8) is 0 Å². The zero-order valence-corrected chi connectivity index (χ0v) is 14.8. The van der Waals surface area contributed by atoms with Gasteiger partial charge >= 0.3 is 0 Å². The summed E-state index contributed by atoms with van der Waals surface area (Å²) < 4.78 is 11.0. The Balaban J connectivity index is 1.68. The number of carbonyl (C=O) groups is 1. The predicted octanol–water partition coefficient (Wildman–Crippen LogP) is 4.50. The average molecular weight is 337 g/mol. The van der Waals surface area contributed by atoms with E-state index in [1.54, 1.807) is 7.11 Å². The lowest BCUT2D eigenvalue weighted by Crippen LogP contribution is -2.33. The maximum atomic E-state index is 12.6. The minimum atomic E-state index is -0.173. The van der Waals surface area contributed by atoms with Crippen molar-refractivity contribution < 1.29 is 13.9 Å². The van der Waals surface area contributed by atoms with Crippen LogP contribution in [0.25, 0.3) is 11.0 Å². The van der Waals surface area contributed by atoms with Gasteiger partial charge in [-0.15, -0.1) is 0 Å². The monoisotopic (exact) mass is 337 g/mol. The molecule has 3 rings (SSSR count). The van der Waals surface area contributed by atoms with Crippen molar-refractivity contribution in [3.8, 4) is 5.75 Å². The number of furan rings is 1. The number of ether oxygens (including phenoxy) is 1. The number of aryl methyl sites for hydroxylation is 2. The Morgan fingerprint density at radius 2 is 1.96 bits per heavy atom. The summed E-state index contributed by atoms with van der Waals surface area (Å²) in [4.78, 5) is 12.6. The van der Waals surface area contributed by atoms with E-state index in [1.165, 1.54) is 5.56 Å². The van der Waals surface area contributed by atoms with Crippen LogP contribution in [0.3, 0.4) is 0 Å². The van der Waals surface area contributed by atoms with Crippen LogP contribution >= 0.6 is 0 Å². The van der Waals surface area contributed by atoms with Gasteiger partial charge in [0.2, 0.25) is 0 Å². The summed E-state index contributed by atoms with van der Waals surface area (Å²) in [7, 11) is 1.62. The highest BCUT2D eigenvalue weighted by Crippen LogP contribution is 2.28. The molecule has 0 radical (unpaired) electrons. The number of nitrogens with one attached hydrogen (secondary N) is 1. The van der Waals surface area contributed by atoms with Gasteiger partial charge in [-0.1, -0.05) is 30.3 Å². The zero-order valence-electron chi connectivity index (χ0n) is 14.8. The van der Waals surface area contributed by atoms with Gasteiger partial charge in [-0.25, -0.2) is 0 Å². The fraction of sp³-hybridized carbons (Fsp3) is 0.286. The van der Waals surface area contributed by atoms with Crippen molar-refractivity contribution in [1.29, 1.82) is 0 Å². The highest BCUT2D eigenvalue weighted by Gasteiger charge is 2.19. The molecule has 0 aliphatic carbocycles. The van der Waals surface area contributed by atoms with E-state index < -0.39 is 0 Å². The average Bonchev–Trinajstić information content (AvgIpc) is 2.97. The molecule has 0 aliphatic rings. The second-order valence-electron chi connectivity index (χ2n) is 6.32. The van der Waals surface area contributed by atoms with Crippen molar-refractivity contribution >= 4 is 16.9 Å². The number of fused-ring (bicyclic) bond motifs is 1. The molecule has 0 spiro atoms. The summed E-state index contributed by atoms with van der Waals surface area (Å²) in [6.07, 6.45) is 1.81. The summed E-state index contributed by atoms with van der Waals surface area (Å²) >= 11 is 0. The quantitative estimate of drug-likeness (QED) is 0.720. The van der Waals surface area contributed by atoms with E-state index in [4.69, 9.17) is 9.15 Å². The molecule has 0 saturated carbocycles. The number of hydrogen-bond donors (Lipinski definition) is 1. The van der Waals surface area contributed by atoms with Crippen LogP contribution in [0, 0.1) is 6.92 Å². The maximum absolute atomic E-state index is 12.6. The van der Waals surface area contributed by atoms with E-state index in [2.05, 4.69) is 17.4 Å². The first kappa shape index (κ1) is 17.1. The van der Waals surface area contributed by atoms with E-state index in [-0.39, 0.29) is 11.9 Å². The number of benzene rings is 2. The molecule has 0 fully saturated rings. The van der Waals surface area contributed by atoms with Crippen LogP contribution in [0.5, 0.6) is 5.75 Å². The first-order valence-corrected chi connectivity index (χ1v) is 8.50. The molecule has 0 aliphatic heterocycles. The second-order valence-corrected chi connectivity index (χ2v) is 6.32. The van der Waals surface area contributed by atoms with Gasteiger partial charge in [0.05, 0.1) is 7.11 Å². The molecule has 0 saturated heterocycles. The Bertz CT molecular complexity index is 867. The molecule has 1 N–H and O–H groups in total. The van der Waals surface area contributed by atoms with Crippen LogP contribution < -0.4 is 10.1 Å². The summed E-state index contributed by atoms with van der Waals surface area (Å²) in [5, 5.41) is 3.94. The summed E-state index contributed by atoms with van der Waals surface area (Å²) in [5.41, 5.74) is 2.80. The highest BCUT2D eigenvalue weighted by atomic mass is 16.5. The summed E-state index contributed by atoms with van der Waals surface area (Å²) in [6, 6.07) is 15.9. The molecule has 3 aromatic rings. The minimum Gasteiger partial charge on any atom is -0.497 e. The van der Waals surface area contributed by atoms with Crippen molar-refractivity contribution in [2.45, 2.75) is 32.7 Å². The van der Waals surface area contributed by atoms with Crippen molar-refractivity contribution in [2.75, 3.05) is 7.11 Å². The molecule has 1 atom stereocenters. The predicted molar refractivity (Wildman–Crippen MR) is 99.2 cm³/mol. The third-order valence-electron chi connectivity index (χ3n) is 4.44. The van der Waals surface area contributed by atoms with E-state index in [9.17, 15) is 4.79 Å². The number of rotatable bonds is 6. The molecule has 0 bridgehead atoms. The summed E-state index contributed by atoms with van der Waals surface area (Å²) in [6.45, 7) is 3.91. The molecule has 1 heterocycles. The fourth-order valence-electron chi connectivity index (χ4n) is 2.93. The van der Waals surface area contributed by atoms with Gasteiger partial charge in [0.15, 0.2) is 5.76 Å². The number of carbonyl (C=O) groups excluding carboxylic acids is 1. The van der Waals surface area contributed by atoms with Gasteiger partial charge in [0.25, 0.3) is 5.91 Å².